The van der Waals surface area contributed by atoms with Crippen molar-refractivity contribution in [1.82, 2.24) is 0 Å². The lowest BCUT2D eigenvalue weighted by Crippen LogP contribution is -1.96. The van der Waals surface area contributed by atoms with Crippen molar-refractivity contribution in [3.63, 3.8) is 0 Å². The average Bonchev–Trinajstić information content (AvgIpc) is 2.80. The minimum absolute atomic E-state index is 0.154. The predicted octanol–water partition coefficient (Wildman–Crippen LogP) is 3.86. The Kier molecular flexibility index (Phi) is 2.83. The van der Waals surface area contributed by atoms with Crippen LogP contribution < -0.4 is 4.74 Å². The zero-order chi connectivity index (χ0) is 13.2. The quantitative estimate of drug-likeness (QED) is 0.775. The van der Waals surface area contributed by atoms with Crippen molar-refractivity contribution in [2.24, 2.45) is 0 Å². The number of phenolic OH excluding ortho intramolecular Hbond substituents is 1. The van der Waals surface area contributed by atoms with Crippen LogP contribution in [0.1, 0.15) is 5.56 Å². The molecule has 0 spiro atoms. The molecule has 0 unspecified atom stereocenters. The van der Waals surface area contributed by atoms with E-state index in [2.05, 4.69) is 0 Å². The van der Waals surface area contributed by atoms with Gasteiger partial charge in [-0.2, -0.15) is 0 Å². The molecule has 0 aliphatic carbocycles. The van der Waals surface area contributed by atoms with E-state index in [1.165, 1.54) is 6.07 Å². The molecule has 1 N–H and O–H groups in total. The topological polar surface area (TPSA) is 42.6 Å². The zero-order valence-electron chi connectivity index (χ0n) is 9.97. The second-order valence-electron chi connectivity index (χ2n) is 4.16. The van der Waals surface area contributed by atoms with Crippen LogP contribution in [-0.2, 0) is 6.61 Å². The van der Waals surface area contributed by atoms with Gasteiger partial charge in [-0.25, -0.2) is 4.39 Å². The lowest BCUT2D eigenvalue weighted by Gasteiger charge is -2.05. The molecule has 0 saturated heterocycles. The van der Waals surface area contributed by atoms with Crippen LogP contribution >= 0.6 is 0 Å². The van der Waals surface area contributed by atoms with Crippen molar-refractivity contribution in [3.8, 4) is 11.5 Å². The molecule has 0 bridgehead atoms. The normalized spacial score (nSPS) is 10.8. The molecule has 0 fully saturated rings. The Labute approximate surface area is 108 Å². The minimum Gasteiger partial charge on any atom is -0.508 e. The molecule has 4 heteroatoms. The molecule has 1 heterocycles. The first-order valence-corrected chi connectivity index (χ1v) is 5.80. The fourth-order valence-corrected chi connectivity index (χ4v) is 1.90. The third kappa shape index (κ3) is 2.25. The van der Waals surface area contributed by atoms with Gasteiger partial charge in [-0.05, 0) is 30.3 Å². The Bertz CT molecular complexity index is 718. The lowest BCUT2D eigenvalue weighted by molar-refractivity contribution is 0.290. The molecule has 0 aliphatic heterocycles. The molecule has 19 heavy (non-hydrogen) atoms. The van der Waals surface area contributed by atoms with E-state index >= 15 is 0 Å². The number of hydrogen-bond donors (Lipinski definition) is 1. The number of hydrogen-bond acceptors (Lipinski definition) is 3. The number of para-hydroxylation sites is 1. The number of aromatic hydroxyl groups is 1. The van der Waals surface area contributed by atoms with Gasteiger partial charge in [0.2, 0.25) is 0 Å². The standard InChI is InChI=1S/C15H11FO3/c16-13-3-1-2-4-15(13)19-9-10-8-18-14-6-5-11(17)7-12(10)14/h1-8,17H,9H2. The van der Waals surface area contributed by atoms with E-state index in [-0.39, 0.29) is 18.1 Å². The van der Waals surface area contributed by atoms with Crippen molar-refractivity contribution in [1.29, 1.82) is 0 Å². The molecule has 3 aromatic rings. The Morgan fingerprint density at radius 1 is 1.16 bits per heavy atom. The molecule has 0 atom stereocenters. The van der Waals surface area contributed by atoms with Gasteiger partial charge in [0, 0.05) is 10.9 Å². The summed E-state index contributed by atoms with van der Waals surface area (Å²) >= 11 is 0. The summed E-state index contributed by atoms with van der Waals surface area (Å²) in [5, 5.41) is 10.2. The highest BCUT2D eigenvalue weighted by atomic mass is 19.1. The Morgan fingerprint density at radius 3 is 2.84 bits per heavy atom. The minimum atomic E-state index is -0.404. The van der Waals surface area contributed by atoms with Gasteiger partial charge in [-0.15, -0.1) is 0 Å². The van der Waals surface area contributed by atoms with E-state index in [0.717, 1.165) is 10.9 Å². The van der Waals surface area contributed by atoms with Gasteiger partial charge in [-0.1, -0.05) is 12.1 Å². The van der Waals surface area contributed by atoms with Crippen LogP contribution in [0, 0.1) is 5.82 Å². The van der Waals surface area contributed by atoms with Gasteiger partial charge in [-0.3, -0.25) is 0 Å². The maximum absolute atomic E-state index is 13.4. The van der Waals surface area contributed by atoms with E-state index in [0.29, 0.717) is 5.58 Å². The van der Waals surface area contributed by atoms with Crippen molar-refractivity contribution >= 4 is 11.0 Å². The zero-order valence-corrected chi connectivity index (χ0v) is 9.97. The molecule has 96 valence electrons. The smallest absolute Gasteiger partial charge is 0.165 e. The average molecular weight is 258 g/mol. The second-order valence-corrected chi connectivity index (χ2v) is 4.16. The fourth-order valence-electron chi connectivity index (χ4n) is 1.90. The summed E-state index contributed by atoms with van der Waals surface area (Å²) < 4.78 is 24.2. The Balaban J connectivity index is 1.86. The third-order valence-electron chi connectivity index (χ3n) is 2.86. The van der Waals surface area contributed by atoms with E-state index in [1.807, 2.05) is 0 Å². The summed E-state index contributed by atoms with van der Waals surface area (Å²) in [7, 11) is 0. The first-order chi connectivity index (χ1) is 9.24. The number of phenols is 1. The first-order valence-electron chi connectivity index (χ1n) is 5.80. The number of benzene rings is 2. The van der Waals surface area contributed by atoms with Crippen LogP contribution in [-0.4, -0.2) is 5.11 Å². The molecule has 0 amide bonds. The summed E-state index contributed by atoms with van der Waals surface area (Å²) in [5.41, 5.74) is 1.42. The van der Waals surface area contributed by atoms with Crippen molar-refractivity contribution < 1.29 is 18.7 Å². The maximum atomic E-state index is 13.4. The molecule has 2 aromatic carbocycles. The SMILES string of the molecule is Oc1ccc2occ(COc3ccccc3F)c2c1. The fraction of sp³-hybridized carbons (Fsp3) is 0.0667. The molecule has 3 rings (SSSR count). The third-order valence-corrected chi connectivity index (χ3v) is 2.86. The molecular weight excluding hydrogens is 247 g/mol. The van der Waals surface area contributed by atoms with Gasteiger partial charge in [0.15, 0.2) is 11.6 Å². The molecule has 0 aliphatic rings. The van der Waals surface area contributed by atoms with E-state index in [4.69, 9.17) is 9.15 Å². The summed E-state index contributed by atoms with van der Waals surface area (Å²) in [6, 6.07) is 11.0. The second kappa shape index (κ2) is 4.65. The highest BCUT2D eigenvalue weighted by Gasteiger charge is 2.08. The molecule has 0 saturated carbocycles. The summed E-state index contributed by atoms with van der Waals surface area (Å²) in [6.45, 7) is 0.178. The van der Waals surface area contributed by atoms with Crippen LogP contribution in [0.25, 0.3) is 11.0 Å². The molecule has 1 aromatic heterocycles. The van der Waals surface area contributed by atoms with Crippen molar-refractivity contribution in [2.75, 3.05) is 0 Å². The summed E-state index contributed by atoms with van der Waals surface area (Å²) in [6.07, 6.45) is 1.55. The first kappa shape index (κ1) is 11.6. The van der Waals surface area contributed by atoms with Gasteiger partial charge in [0.05, 0.1) is 6.26 Å². The van der Waals surface area contributed by atoms with Crippen molar-refractivity contribution in [2.45, 2.75) is 6.61 Å². The van der Waals surface area contributed by atoms with Gasteiger partial charge in [0.1, 0.15) is 17.9 Å². The Hall–Kier alpha value is -2.49. The van der Waals surface area contributed by atoms with E-state index in [9.17, 15) is 9.50 Å². The number of halogens is 1. The van der Waals surface area contributed by atoms with Gasteiger partial charge < -0.3 is 14.3 Å². The van der Waals surface area contributed by atoms with E-state index < -0.39 is 5.82 Å². The lowest BCUT2D eigenvalue weighted by atomic mass is 10.2. The van der Waals surface area contributed by atoms with E-state index in [1.54, 1.807) is 42.7 Å². The number of fused-ring (bicyclic) bond motifs is 1. The highest BCUT2D eigenvalue weighted by Crippen LogP contribution is 2.26. The highest BCUT2D eigenvalue weighted by molar-refractivity contribution is 5.82. The molecule has 3 nitrogen and oxygen atoms in total. The number of ether oxygens (including phenoxy) is 1. The monoisotopic (exact) mass is 258 g/mol. The largest absolute Gasteiger partial charge is 0.508 e. The van der Waals surface area contributed by atoms with Crippen LogP contribution in [0.5, 0.6) is 11.5 Å². The molecule has 0 radical (unpaired) electrons. The number of rotatable bonds is 3. The predicted molar refractivity (Wildman–Crippen MR) is 68.6 cm³/mol. The van der Waals surface area contributed by atoms with Crippen LogP contribution in [0.4, 0.5) is 4.39 Å². The summed E-state index contributed by atoms with van der Waals surface area (Å²) in [4.78, 5) is 0. The maximum Gasteiger partial charge on any atom is 0.165 e. The van der Waals surface area contributed by atoms with Crippen LogP contribution in [0.2, 0.25) is 0 Å². The summed E-state index contributed by atoms with van der Waals surface area (Å²) in [5.74, 6) is -0.0591. The molecular formula is C15H11FO3. The van der Waals surface area contributed by atoms with Gasteiger partial charge in [0.25, 0.3) is 0 Å². The Morgan fingerprint density at radius 2 is 2.00 bits per heavy atom. The van der Waals surface area contributed by atoms with Crippen LogP contribution in [0.15, 0.2) is 53.1 Å². The van der Waals surface area contributed by atoms with Crippen molar-refractivity contribution in [3.05, 3.63) is 60.1 Å². The van der Waals surface area contributed by atoms with Gasteiger partial charge >= 0.3 is 0 Å². The van der Waals surface area contributed by atoms with Crippen LogP contribution in [0.3, 0.4) is 0 Å². The number of furan rings is 1.